The first-order valence-corrected chi connectivity index (χ1v) is 6.61. The Balaban J connectivity index is 1.86. The molecular weight excluding hydrogens is 242 g/mol. The van der Waals surface area contributed by atoms with Crippen LogP contribution in [-0.2, 0) is 0 Å². The molecule has 0 aliphatic heterocycles. The second-order valence-electron chi connectivity index (χ2n) is 3.26. The highest BCUT2D eigenvalue weighted by atomic mass is 32.1. The van der Waals surface area contributed by atoms with E-state index in [4.69, 9.17) is 0 Å². The second-order valence-corrected chi connectivity index (χ2v) is 4.99. The Labute approximate surface area is 101 Å². The molecule has 3 nitrogen and oxygen atoms in total. The minimum absolute atomic E-state index is 0.135. The zero-order valence-electron chi connectivity index (χ0n) is 8.42. The van der Waals surface area contributed by atoms with Crippen molar-refractivity contribution in [2.24, 2.45) is 0 Å². The van der Waals surface area contributed by atoms with E-state index in [1.165, 1.54) is 22.7 Å². The molecule has 1 atom stereocenters. The van der Waals surface area contributed by atoms with Gasteiger partial charge in [-0.1, -0.05) is 6.07 Å². The monoisotopic (exact) mass is 253 g/mol. The maximum Gasteiger partial charge on any atom is 0.261 e. The van der Waals surface area contributed by atoms with Crippen molar-refractivity contribution >= 4 is 28.6 Å². The maximum atomic E-state index is 11.6. The van der Waals surface area contributed by atoms with Crippen LogP contribution in [0.3, 0.4) is 0 Å². The first-order valence-electron chi connectivity index (χ1n) is 4.79. The van der Waals surface area contributed by atoms with Gasteiger partial charge in [-0.15, -0.1) is 11.3 Å². The Bertz CT molecular complexity index is 437. The summed E-state index contributed by atoms with van der Waals surface area (Å²) in [4.78, 5) is 12.2. The maximum absolute atomic E-state index is 11.6. The summed E-state index contributed by atoms with van der Waals surface area (Å²) in [6.45, 7) is 0.244. The Kier molecular flexibility index (Phi) is 3.71. The first-order chi connectivity index (χ1) is 7.77. The highest BCUT2D eigenvalue weighted by Crippen LogP contribution is 2.15. The molecular formula is C11H11NO2S2. The molecule has 0 aliphatic rings. The van der Waals surface area contributed by atoms with Gasteiger partial charge in [-0.05, 0) is 33.8 Å². The molecule has 0 spiro atoms. The third kappa shape index (κ3) is 2.69. The quantitative estimate of drug-likeness (QED) is 0.878. The van der Waals surface area contributed by atoms with E-state index >= 15 is 0 Å². The number of hydrogen-bond donors (Lipinski definition) is 2. The summed E-state index contributed by atoms with van der Waals surface area (Å²) >= 11 is 2.92. The first kappa shape index (κ1) is 11.3. The molecule has 0 saturated carbocycles. The molecule has 2 aromatic rings. The third-order valence-corrected chi connectivity index (χ3v) is 3.70. The van der Waals surface area contributed by atoms with Gasteiger partial charge in [-0.3, -0.25) is 4.79 Å². The summed E-state index contributed by atoms with van der Waals surface area (Å²) in [5.74, 6) is -0.135. The van der Waals surface area contributed by atoms with Crippen molar-refractivity contribution in [1.82, 2.24) is 5.32 Å². The lowest BCUT2D eigenvalue weighted by Crippen LogP contribution is -2.27. The molecule has 0 bridgehead atoms. The molecule has 2 aromatic heterocycles. The molecule has 2 heterocycles. The Hall–Kier alpha value is -1.17. The van der Waals surface area contributed by atoms with E-state index in [2.05, 4.69) is 5.32 Å². The molecule has 84 valence electrons. The molecule has 0 aromatic carbocycles. The zero-order chi connectivity index (χ0) is 11.4. The van der Waals surface area contributed by atoms with Gasteiger partial charge in [0.2, 0.25) is 0 Å². The fraction of sp³-hybridized carbons (Fsp3) is 0.182. The van der Waals surface area contributed by atoms with Crippen LogP contribution in [0.2, 0.25) is 0 Å². The van der Waals surface area contributed by atoms with Crippen LogP contribution in [0.4, 0.5) is 0 Å². The number of rotatable bonds is 4. The zero-order valence-corrected chi connectivity index (χ0v) is 10.1. The number of hydrogen-bond acceptors (Lipinski definition) is 4. The molecule has 0 aliphatic carbocycles. The largest absolute Gasteiger partial charge is 0.387 e. The fourth-order valence-electron chi connectivity index (χ4n) is 1.27. The van der Waals surface area contributed by atoms with E-state index in [0.29, 0.717) is 4.88 Å². The fourth-order valence-corrected chi connectivity index (χ4v) is 2.61. The van der Waals surface area contributed by atoms with Crippen molar-refractivity contribution in [3.05, 3.63) is 44.8 Å². The highest BCUT2D eigenvalue weighted by molar-refractivity contribution is 7.12. The Morgan fingerprint density at radius 2 is 2.31 bits per heavy atom. The number of aliphatic hydroxyl groups excluding tert-OH is 1. The van der Waals surface area contributed by atoms with Gasteiger partial charge in [0.25, 0.3) is 5.91 Å². The van der Waals surface area contributed by atoms with Gasteiger partial charge in [-0.2, -0.15) is 11.3 Å². The van der Waals surface area contributed by atoms with Gasteiger partial charge in [0.15, 0.2) is 0 Å². The Morgan fingerprint density at radius 1 is 1.44 bits per heavy atom. The number of nitrogens with one attached hydrogen (secondary N) is 1. The van der Waals surface area contributed by atoms with Crippen LogP contribution in [0.25, 0.3) is 0 Å². The van der Waals surface area contributed by atoms with Gasteiger partial charge in [0.1, 0.15) is 0 Å². The topological polar surface area (TPSA) is 49.3 Å². The van der Waals surface area contributed by atoms with Crippen molar-refractivity contribution in [3.63, 3.8) is 0 Å². The highest BCUT2D eigenvalue weighted by Gasteiger charge is 2.11. The number of aliphatic hydroxyl groups is 1. The SMILES string of the molecule is O=C(NCC(O)c1ccsc1)c1cccs1. The van der Waals surface area contributed by atoms with Crippen molar-refractivity contribution in [1.29, 1.82) is 0 Å². The second kappa shape index (κ2) is 5.25. The summed E-state index contributed by atoms with van der Waals surface area (Å²) in [5.41, 5.74) is 0.844. The molecule has 1 unspecified atom stereocenters. The average molecular weight is 253 g/mol. The number of carbonyl (C=O) groups excluding carboxylic acids is 1. The summed E-state index contributed by atoms with van der Waals surface area (Å²) in [7, 11) is 0. The molecule has 2 rings (SSSR count). The van der Waals surface area contributed by atoms with Crippen LogP contribution >= 0.6 is 22.7 Å². The lowest BCUT2D eigenvalue weighted by Gasteiger charge is -2.09. The van der Waals surface area contributed by atoms with Crippen LogP contribution in [-0.4, -0.2) is 17.6 Å². The van der Waals surface area contributed by atoms with E-state index in [1.807, 2.05) is 28.3 Å². The van der Waals surface area contributed by atoms with Crippen LogP contribution in [0.1, 0.15) is 21.3 Å². The van der Waals surface area contributed by atoms with E-state index in [9.17, 15) is 9.90 Å². The van der Waals surface area contributed by atoms with Gasteiger partial charge in [-0.25, -0.2) is 0 Å². The van der Waals surface area contributed by atoms with Gasteiger partial charge >= 0.3 is 0 Å². The average Bonchev–Trinajstić information content (AvgIpc) is 2.95. The summed E-state index contributed by atoms with van der Waals surface area (Å²) in [6, 6.07) is 5.44. The molecule has 0 radical (unpaired) electrons. The van der Waals surface area contributed by atoms with Crippen LogP contribution in [0.5, 0.6) is 0 Å². The summed E-state index contributed by atoms with van der Waals surface area (Å²) in [6.07, 6.45) is -0.629. The smallest absolute Gasteiger partial charge is 0.261 e. The standard InChI is InChI=1S/C11H11NO2S2/c13-9(8-3-5-15-7-8)6-12-11(14)10-2-1-4-16-10/h1-5,7,9,13H,6H2,(H,12,14). The van der Waals surface area contributed by atoms with E-state index < -0.39 is 6.10 Å². The molecule has 16 heavy (non-hydrogen) atoms. The molecule has 0 saturated heterocycles. The van der Waals surface area contributed by atoms with Crippen molar-refractivity contribution in [2.45, 2.75) is 6.10 Å². The molecule has 5 heteroatoms. The molecule has 2 N–H and O–H groups in total. The van der Waals surface area contributed by atoms with E-state index in [-0.39, 0.29) is 12.5 Å². The lowest BCUT2D eigenvalue weighted by atomic mass is 10.2. The molecule has 1 amide bonds. The van der Waals surface area contributed by atoms with Gasteiger partial charge in [0, 0.05) is 6.54 Å². The predicted octanol–water partition coefficient (Wildman–Crippen LogP) is 2.27. The number of carbonyl (C=O) groups is 1. The van der Waals surface area contributed by atoms with Crippen LogP contribution in [0, 0.1) is 0 Å². The van der Waals surface area contributed by atoms with Crippen LogP contribution in [0.15, 0.2) is 34.3 Å². The van der Waals surface area contributed by atoms with Gasteiger partial charge in [0.05, 0.1) is 11.0 Å². The lowest BCUT2D eigenvalue weighted by molar-refractivity contribution is 0.0920. The van der Waals surface area contributed by atoms with E-state index in [0.717, 1.165) is 5.56 Å². The van der Waals surface area contributed by atoms with Crippen molar-refractivity contribution in [2.75, 3.05) is 6.54 Å². The molecule has 0 fully saturated rings. The summed E-state index contributed by atoms with van der Waals surface area (Å²) < 4.78 is 0. The summed E-state index contributed by atoms with van der Waals surface area (Å²) in [5, 5.41) is 18.1. The van der Waals surface area contributed by atoms with Crippen molar-refractivity contribution in [3.8, 4) is 0 Å². The Morgan fingerprint density at radius 3 is 2.94 bits per heavy atom. The third-order valence-electron chi connectivity index (χ3n) is 2.13. The number of thiophene rings is 2. The predicted molar refractivity (Wildman–Crippen MR) is 65.9 cm³/mol. The number of amides is 1. The minimum Gasteiger partial charge on any atom is -0.387 e. The van der Waals surface area contributed by atoms with Crippen molar-refractivity contribution < 1.29 is 9.90 Å². The van der Waals surface area contributed by atoms with Crippen LogP contribution < -0.4 is 5.32 Å². The normalized spacial score (nSPS) is 12.3. The van der Waals surface area contributed by atoms with E-state index in [1.54, 1.807) is 6.07 Å². The minimum atomic E-state index is -0.629. The van der Waals surface area contributed by atoms with Gasteiger partial charge < -0.3 is 10.4 Å².